The van der Waals surface area contributed by atoms with Gasteiger partial charge in [-0.15, -0.1) is 0 Å². The fourth-order valence-electron chi connectivity index (χ4n) is 2.92. The van der Waals surface area contributed by atoms with E-state index in [9.17, 15) is 0 Å². The van der Waals surface area contributed by atoms with Crippen molar-refractivity contribution in [3.63, 3.8) is 0 Å². The molecule has 14 heavy (non-hydrogen) atoms. The minimum Gasteiger partial charge on any atom is -0.313 e. The van der Waals surface area contributed by atoms with Crippen molar-refractivity contribution in [1.29, 1.82) is 0 Å². The molecule has 3 atom stereocenters. The molecule has 74 valence electrons. The molecular weight excluding hydrogens is 170 g/mol. The van der Waals surface area contributed by atoms with Gasteiger partial charge in [-0.05, 0) is 43.2 Å². The number of rotatable bonds is 2. The van der Waals surface area contributed by atoms with Crippen LogP contribution in [-0.2, 0) is 6.42 Å². The Morgan fingerprint density at radius 2 is 2.00 bits per heavy atom. The Kier molecular flexibility index (Phi) is 2.06. The number of fused-ring (bicyclic) bond motifs is 1. The van der Waals surface area contributed by atoms with E-state index in [1.807, 2.05) is 0 Å². The van der Waals surface area contributed by atoms with Crippen LogP contribution in [0.4, 0.5) is 0 Å². The summed E-state index contributed by atoms with van der Waals surface area (Å²) in [6.07, 6.45) is 4.14. The van der Waals surface area contributed by atoms with Gasteiger partial charge < -0.3 is 5.32 Å². The Bertz CT molecular complexity index is 306. The van der Waals surface area contributed by atoms with Gasteiger partial charge in [0.25, 0.3) is 0 Å². The van der Waals surface area contributed by atoms with Crippen LogP contribution in [0.15, 0.2) is 30.3 Å². The standard InChI is InChI=1S/C13H17N/c1-2-4-10(5-3-1)8-13-12-7-6-11(12)9-14-13/h1-5,11-14H,6-9H2/t11-,12-,13-/m0/s1. The van der Waals surface area contributed by atoms with E-state index >= 15 is 0 Å². The normalized spacial score (nSPS) is 35.0. The Balaban J connectivity index is 1.68. The molecule has 2 aliphatic rings. The average molecular weight is 187 g/mol. The van der Waals surface area contributed by atoms with Gasteiger partial charge in [-0.2, -0.15) is 0 Å². The fourth-order valence-corrected chi connectivity index (χ4v) is 2.92. The Morgan fingerprint density at radius 1 is 1.14 bits per heavy atom. The molecule has 1 aromatic rings. The summed E-state index contributed by atoms with van der Waals surface area (Å²) < 4.78 is 0. The van der Waals surface area contributed by atoms with Crippen molar-refractivity contribution < 1.29 is 0 Å². The second-order valence-corrected chi connectivity index (χ2v) is 4.71. The first-order valence-corrected chi connectivity index (χ1v) is 5.71. The van der Waals surface area contributed by atoms with E-state index in [1.54, 1.807) is 0 Å². The molecule has 1 saturated heterocycles. The zero-order valence-corrected chi connectivity index (χ0v) is 8.45. The number of benzene rings is 1. The summed E-state index contributed by atoms with van der Waals surface area (Å²) in [6, 6.07) is 11.6. The predicted molar refractivity (Wildman–Crippen MR) is 58.2 cm³/mol. The first kappa shape index (κ1) is 8.49. The van der Waals surface area contributed by atoms with Gasteiger partial charge in [0.15, 0.2) is 0 Å². The van der Waals surface area contributed by atoms with E-state index in [0.717, 1.165) is 17.9 Å². The summed E-state index contributed by atoms with van der Waals surface area (Å²) in [5.74, 6) is 1.99. The molecule has 0 unspecified atom stereocenters. The summed E-state index contributed by atoms with van der Waals surface area (Å²) in [6.45, 7) is 1.27. The van der Waals surface area contributed by atoms with Crippen LogP contribution in [-0.4, -0.2) is 12.6 Å². The van der Waals surface area contributed by atoms with Crippen molar-refractivity contribution in [2.45, 2.75) is 25.3 Å². The topological polar surface area (TPSA) is 12.0 Å². The van der Waals surface area contributed by atoms with E-state index in [2.05, 4.69) is 35.6 Å². The smallest absolute Gasteiger partial charge is 0.0139 e. The quantitative estimate of drug-likeness (QED) is 0.748. The van der Waals surface area contributed by atoms with Crippen molar-refractivity contribution in [3.8, 4) is 0 Å². The Labute approximate surface area is 85.5 Å². The average Bonchev–Trinajstić information content (AvgIpc) is 2.42. The predicted octanol–water partition coefficient (Wildman–Crippen LogP) is 2.23. The van der Waals surface area contributed by atoms with Crippen molar-refractivity contribution >= 4 is 0 Å². The highest BCUT2D eigenvalue weighted by Crippen LogP contribution is 2.41. The van der Waals surface area contributed by atoms with Gasteiger partial charge >= 0.3 is 0 Å². The minimum absolute atomic E-state index is 0.760. The van der Waals surface area contributed by atoms with Crippen LogP contribution < -0.4 is 5.32 Å². The number of hydrogen-bond acceptors (Lipinski definition) is 1. The second kappa shape index (κ2) is 3.39. The molecule has 0 amide bonds. The third kappa shape index (κ3) is 1.36. The summed E-state index contributed by atoms with van der Waals surface area (Å²) >= 11 is 0. The maximum atomic E-state index is 3.67. The summed E-state index contributed by atoms with van der Waals surface area (Å²) in [7, 11) is 0. The van der Waals surface area contributed by atoms with Crippen molar-refractivity contribution in [3.05, 3.63) is 35.9 Å². The van der Waals surface area contributed by atoms with E-state index in [4.69, 9.17) is 0 Å². The molecule has 1 heterocycles. The molecular formula is C13H17N. The third-order valence-corrected chi connectivity index (χ3v) is 3.93. The van der Waals surface area contributed by atoms with Crippen LogP contribution in [0.2, 0.25) is 0 Å². The van der Waals surface area contributed by atoms with Crippen LogP contribution in [0.5, 0.6) is 0 Å². The van der Waals surface area contributed by atoms with Gasteiger partial charge in [0, 0.05) is 6.04 Å². The molecule has 1 heteroatoms. The van der Waals surface area contributed by atoms with Gasteiger partial charge in [0.1, 0.15) is 0 Å². The Hall–Kier alpha value is -0.820. The maximum Gasteiger partial charge on any atom is 0.0139 e. The zero-order valence-electron chi connectivity index (χ0n) is 8.45. The molecule has 0 radical (unpaired) electrons. The number of hydrogen-bond donors (Lipinski definition) is 1. The highest BCUT2D eigenvalue weighted by molar-refractivity contribution is 5.17. The SMILES string of the molecule is c1ccc(C[C@@H]2NC[C@@H]3CC[C@@H]32)cc1. The van der Waals surface area contributed by atoms with Gasteiger partial charge in [-0.25, -0.2) is 0 Å². The van der Waals surface area contributed by atoms with Crippen molar-refractivity contribution in [2.75, 3.05) is 6.54 Å². The summed E-state index contributed by atoms with van der Waals surface area (Å²) in [5, 5.41) is 3.67. The molecule has 3 rings (SSSR count). The van der Waals surface area contributed by atoms with Gasteiger partial charge in [0.2, 0.25) is 0 Å². The Morgan fingerprint density at radius 3 is 2.64 bits per heavy atom. The van der Waals surface area contributed by atoms with E-state index < -0.39 is 0 Å². The van der Waals surface area contributed by atoms with Crippen LogP contribution >= 0.6 is 0 Å². The minimum atomic E-state index is 0.760. The van der Waals surface area contributed by atoms with Gasteiger partial charge in [-0.3, -0.25) is 0 Å². The van der Waals surface area contributed by atoms with Gasteiger partial charge in [-0.1, -0.05) is 30.3 Å². The van der Waals surface area contributed by atoms with E-state index in [1.165, 1.54) is 31.4 Å². The molecule has 1 aliphatic carbocycles. The third-order valence-electron chi connectivity index (χ3n) is 3.93. The highest BCUT2D eigenvalue weighted by Gasteiger charge is 2.41. The zero-order chi connectivity index (χ0) is 9.38. The lowest BCUT2D eigenvalue weighted by molar-refractivity contribution is 0.208. The largest absolute Gasteiger partial charge is 0.313 e. The van der Waals surface area contributed by atoms with E-state index in [-0.39, 0.29) is 0 Å². The summed E-state index contributed by atoms with van der Waals surface area (Å²) in [4.78, 5) is 0. The van der Waals surface area contributed by atoms with Crippen molar-refractivity contribution in [2.24, 2.45) is 11.8 Å². The molecule has 1 aromatic carbocycles. The van der Waals surface area contributed by atoms with Gasteiger partial charge in [0.05, 0.1) is 0 Å². The second-order valence-electron chi connectivity index (χ2n) is 4.71. The lowest BCUT2D eigenvalue weighted by Crippen LogP contribution is -2.33. The molecule has 0 spiro atoms. The molecule has 0 aromatic heterocycles. The van der Waals surface area contributed by atoms with Crippen LogP contribution in [0.1, 0.15) is 18.4 Å². The number of nitrogens with one attached hydrogen (secondary N) is 1. The summed E-state index contributed by atoms with van der Waals surface area (Å²) in [5.41, 5.74) is 1.48. The van der Waals surface area contributed by atoms with Crippen LogP contribution in [0, 0.1) is 11.8 Å². The van der Waals surface area contributed by atoms with Crippen LogP contribution in [0.3, 0.4) is 0 Å². The molecule has 1 saturated carbocycles. The fraction of sp³-hybridized carbons (Fsp3) is 0.538. The van der Waals surface area contributed by atoms with Crippen molar-refractivity contribution in [1.82, 2.24) is 5.32 Å². The molecule has 2 fully saturated rings. The first-order valence-electron chi connectivity index (χ1n) is 5.71. The lowest BCUT2D eigenvalue weighted by Gasteiger charge is -2.33. The first-order chi connectivity index (χ1) is 6.93. The molecule has 1 N–H and O–H groups in total. The monoisotopic (exact) mass is 187 g/mol. The lowest BCUT2D eigenvalue weighted by atomic mass is 9.72. The van der Waals surface area contributed by atoms with E-state index in [0.29, 0.717) is 0 Å². The molecule has 1 aliphatic heterocycles. The highest BCUT2D eigenvalue weighted by atomic mass is 15.0. The molecule has 0 bridgehead atoms. The maximum absolute atomic E-state index is 3.67. The molecule has 1 nitrogen and oxygen atoms in total. The van der Waals surface area contributed by atoms with Crippen LogP contribution in [0.25, 0.3) is 0 Å².